The molecule has 2 aliphatic rings. The second-order valence-corrected chi connectivity index (χ2v) is 15.4. The van der Waals surface area contributed by atoms with Gasteiger partial charge in [0.1, 0.15) is 0 Å². The highest BCUT2D eigenvalue weighted by Crippen LogP contribution is 2.55. The number of hydrogen-bond donors (Lipinski definition) is 0. The van der Waals surface area contributed by atoms with Crippen molar-refractivity contribution in [2.24, 2.45) is 0 Å². The quantitative estimate of drug-likeness (QED) is 0.118. The van der Waals surface area contributed by atoms with E-state index in [1.165, 1.54) is 21.2 Å². The molecule has 0 unspecified atom stereocenters. The van der Waals surface area contributed by atoms with Crippen LogP contribution in [-0.4, -0.2) is 19.9 Å². The first-order valence-electron chi connectivity index (χ1n) is 19.5. The van der Waals surface area contributed by atoms with Crippen LogP contribution in [-0.2, 0) is 0 Å². The third-order valence-electron chi connectivity index (χ3n) is 11.0. The molecule has 4 heterocycles. The minimum absolute atomic E-state index is 0.492. The van der Waals surface area contributed by atoms with Crippen molar-refractivity contribution in [2.45, 2.75) is 9.79 Å². The largest absolute Gasteiger partial charge is 0.308 e. The molecule has 0 aliphatic carbocycles. The Balaban J connectivity index is 1.15. The van der Waals surface area contributed by atoms with Crippen LogP contribution < -0.4 is 9.80 Å². The first-order chi connectivity index (χ1) is 29.2. The van der Waals surface area contributed by atoms with E-state index < -0.39 is 0 Å². The molecule has 0 N–H and O–H groups in total. The van der Waals surface area contributed by atoms with Gasteiger partial charge in [-0.3, -0.25) is 4.90 Å². The number of anilines is 6. The summed E-state index contributed by atoms with van der Waals surface area (Å²) < 4.78 is 0. The summed E-state index contributed by atoms with van der Waals surface area (Å²) in [5.41, 5.74) is 11.9. The van der Waals surface area contributed by atoms with E-state index in [4.69, 9.17) is 19.9 Å². The Morgan fingerprint density at radius 2 is 1.19 bits per heavy atom. The van der Waals surface area contributed by atoms with Crippen molar-refractivity contribution in [2.75, 3.05) is 9.80 Å². The fourth-order valence-corrected chi connectivity index (χ4v) is 9.42. The van der Waals surface area contributed by atoms with Crippen molar-refractivity contribution >= 4 is 73.4 Å². The van der Waals surface area contributed by atoms with E-state index in [9.17, 15) is 0 Å². The lowest BCUT2D eigenvalue weighted by atomic mass is 9.88. The van der Waals surface area contributed by atoms with Crippen molar-refractivity contribution in [3.63, 3.8) is 0 Å². The fraction of sp³-hybridized carbons (Fsp3) is 0. The minimum atomic E-state index is 0.492. The molecule has 0 spiro atoms. The predicted octanol–water partition coefficient (Wildman–Crippen LogP) is 14.0. The predicted molar refractivity (Wildman–Crippen MR) is 244 cm³/mol. The number of aromatic nitrogens is 4. The Morgan fingerprint density at radius 1 is 0.525 bits per heavy atom. The van der Waals surface area contributed by atoms with Crippen molar-refractivity contribution in [3.05, 3.63) is 201 Å². The standard InChI is InChI=1S/C52H34N6S/c1-3-16-33(4-2)50-54-51(35-17-6-5-7-18-35)56-52(55-50)58-43-25-14-20-37(47(43)49-48-39(21-15-26-44(48)58)38-19-8-9-22-40(38)53-49)34-29-31-36(32-30-34)57-41-23-10-12-27-45(41)59-46-28-13-11-24-42(46)57/h3-32H,1-2H2/b33-16+. The molecular weight excluding hydrogens is 741 g/mol. The molecule has 9 aromatic rings. The normalized spacial score (nSPS) is 12.8. The maximum Gasteiger partial charge on any atom is 0.238 e. The topological polar surface area (TPSA) is 58.0 Å². The summed E-state index contributed by atoms with van der Waals surface area (Å²) >= 11 is 1.81. The number of nitrogens with zero attached hydrogens (tertiary/aromatic N) is 6. The third-order valence-corrected chi connectivity index (χ3v) is 12.1. The highest BCUT2D eigenvalue weighted by molar-refractivity contribution is 7.99. The van der Waals surface area contributed by atoms with Gasteiger partial charge in [-0.25, -0.2) is 9.97 Å². The number of benzene rings is 7. The molecule has 2 aliphatic heterocycles. The molecule has 11 rings (SSSR count). The summed E-state index contributed by atoms with van der Waals surface area (Å²) in [6, 6.07) is 57.4. The zero-order chi connectivity index (χ0) is 39.5. The van der Waals surface area contributed by atoms with Crippen LogP contribution in [0.5, 0.6) is 0 Å². The molecular formula is C52H34N6S. The highest BCUT2D eigenvalue weighted by atomic mass is 32.2. The Hall–Kier alpha value is -7.61. The lowest BCUT2D eigenvalue weighted by molar-refractivity contribution is 0.995. The Bertz CT molecular complexity index is 3150. The molecule has 7 heteroatoms. The van der Waals surface area contributed by atoms with Gasteiger partial charge in [-0.05, 0) is 71.1 Å². The van der Waals surface area contributed by atoms with Crippen LogP contribution in [0.4, 0.5) is 34.4 Å². The lowest BCUT2D eigenvalue weighted by Crippen LogP contribution is -2.20. The van der Waals surface area contributed by atoms with Gasteiger partial charge in [0.05, 0.1) is 34.0 Å². The van der Waals surface area contributed by atoms with Crippen LogP contribution in [0.3, 0.4) is 0 Å². The average molecular weight is 775 g/mol. The van der Waals surface area contributed by atoms with Gasteiger partial charge < -0.3 is 4.90 Å². The van der Waals surface area contributed by atoms with Crippen LogP contribution in [0.25, 0.3) is 61.0 Å². The number of allylic oxidation sites excluding steroid dienone is 4. The molecule has 0 bridgehead atoms. The molecule has 0 atom stereocenters. The molecule has 59 heavy (non-hydrogen) atoms. The van der Waals surface area contributed by atoms with Gasteiger partial charge >= 0.3 is 0 Å². The van der Waals surface area contributed by atoms with Crippen LogP contribution >= 0.6 is 11.8 Å². The SMILES string of the molecule is C=C/C=C(\C=C)c1nc(-c2ccccc2)nc(N2c3cccc(-c4ccc(N5c6ccccc6Sc6ccccc65)cc4)c3-c3nc4ccccc4c4cccc2c34)n1. The van der Waals surface area contributed by atoms with Crippen LogP contribution in [0.1, 0.15) is 5.82 Å². The summed E-state index contributed by atoms with van der Waals surface area (Å²) in [4.78, 5) is 27.8. The number of pyridine rings is 1. The molecule has 2 aromatic heterocycles. The van der Waals surface area contributed by atoms with E-state index in [1.54, 1.807) is 12.2 Å². The monoisotopic (exact) mass is 774 g/mol. The van der Waals surface area contributed by atoms with Crippen molar-refractivity contribution in [3.8, 4) is 33.8 Å². The summed E-state index contributed by atoms with van der Waals surface area (Å²) in [6.45, 7) is 8.03. The lowest BCUT2D eigenvalue weighted by Gasteiger charge is -2.33. The van der Waals surface area contributed by atoms with Crippen LogP contribution in [0.15, 0.2) is 205 Å². The minimum Gasteiger partial charge on any atom is -0.308 e. The van der Waals surface area contributed by atoms with Crippen molar-refractivity contribution in [1.29, 1.82) is 0 Å². The number of para-hydroxylation sites is 3. The average Bonchev–Trinajstić information content (AvgIpc) is 3.30. The number of fused-ring (bicyclic) bond motifs is 6. The van der Waals surface area contributed by atoms with Gasteiger partial charge in [0, 0.05) is 43.0 Å². The van der Waals surface area contributed by atoms with Gasteiger partial charge in [0.15, 0.2) is 11.6 Å². The van der Waals surface area contributed by atoms with E-state index in [1.807, 2.05) is 48.2 Å². The van der Waals surface area contributed by atoms with E-state index in [0.717, 1.165) is 72.3 Å². The molecule has 7 aromatic carbocycles. The zero-order valence-electron chi connectivity index (χ0n) is 31.8. The second-order valence-electron chi connectivity index (χ2n) is 14.3. The smallest absolute Gasteiger partial charge is 0.238 e. The second kappa shape index (κ2) is 14.1. The Kier molecular flexibility index (Phi) is 8.27. The van der Waals surface area contributed by atoms with E-state index in [2.05, 4.69) is 156 Å². The maximum atomic E-state index is 5.46. The van der Waals surface area contributed by atoms with Crippen molar-refractivity contribution in [1.82, 2.24) is 19.9 Å². The Labute approximate surface area is 346 Å². The van der Waals surface area contributed by atoms with Gasteiger partial charge in [0.2, 0.25) is 5.95 Å². The van der Waals surface area contributed by atoms with Gasteiger partial charge in [-0.1, -0.05) is 152 Å². The molecule has 278 valence electrons. The van der Waals surface area contributed by atoms with E-state index in [0.29, 0.717) is 17.6 Å². The van der Waals surface area contributed by atoms with Gasteiger partial charge in [-0.2, -0.15) is 9.97 Å². The summed E-state index contributed by atoms with van der Waals surface area (Å²) in [5.74, 6) is 1.56. The molecule has 0 saturated heterocycles. The first-order valence-corrected chi connectivity index (χ1v) is 20.3. The van der Waals surface area contributed by atoms with Crippen molar-refractivity contribution < 1.29 is 0 Å². The Morgan fingerprint density at radius 3 is 1.95 bits per heavy atom. The van der Waals surface area contributed by atoms with Crippen LogP contribution in [0, 0.1) is 0 Å². The van der Waals surface area contributed by atoms with E-state index in [-0.39, 0.29) is 0 Å². The summed E-state index contributed by atoms with van der Waals surface area (Å²) in [7, 11) is 0. The number of hydrogen-bond acceptors (Lipinski definition) is 7. The fourth-order valence-electron chi connectivity index (χ4n) is 8.36. The molecule has 0 amide bonds. The summed E-state index contributed by atoms with van der Waals surface area (Å²) in [6.07, 6.45) is 5.36. The summed E-state index contributed by atoms with van der Waals surface area (Å²) in [5, 5.41) is 3.23. The molecule has 0 radical (unpaired) electrons. The zero-order valence-corrected chi connectivity index (χ0v) is 32.6. The van der Waals surface area contributed by atoms with E-state index >= 15 is 0 Å². The molecule has 0 fully saturated rings. The first kappa shape index (κ1) is 34.6. The molecule has 0 saturated carbocycles. The van der Waals surface area contributed by atoms with Gasteiger partial charge in [0.25, 0.3) is 0 Å². The van der Waals surface area contributed by atoms with Crippen LogP contribution in [0.2, 0.25) is 0 Å². The number of rotatable bonds is 7. The molecule has 6 nitrogen and oxygen atoms in total. The van der Waals surface area contributed by atoms with Gasteiger partial charge in [-0.15, -0.1) is 0 Å². The maximum absolute atomic E-state index is 5.46. The highest BCUT2D eigenvalue weighted by Gasteiger charge is 2.32. The third kappa shape index (κ3) is 5.66.